The normalized spacial score (nSPS) is 15.9. The number of ether oxygens (including phenoxy) is 1. The zero-order chi connectivity index (χ0) is 14.0. The zero-order valence-corrected chi connectivity index (χ0v) is 11.3. The van der Waals surface area contributed by atoms with Crippen LogP contribution in [0.1, 0.15) is 18.4 Å². The minimum absolute atomic E-state index is 0.0980. The van der Waals surface area contributed by atoms with E-state index in [1.807, 2.05) is 0 Å². The standard InChI is InChI=1S/C14H20N2O3/c1-16(13(18)14(9-15)5-6-14)8-10-3-4-11(17)12(7-10)19-2/h3-4,7,17H,5-6,8-9,15H2,1-2H3. The van der Waals surface area contributed by atoms with Gasteiger partial charge >= 0.3 is 0 Å². The summed E-state index contributed by atoms with van der Waals surface area (Å²) in [6, 6.07) is 5.09. The highest BCUT2D eigenvalue weighted by molar-refractivity contribution is 5.85. The van der Waals surface area contributed by atoms with E-state index in [-0.39, 0.29) is 17.1 Å². The van der Waals surface area contributed by atoms with Gasteiger partial charge in [-0.05, 0) is 30.5 Å². The maximum atomic E-state index is 12.2. The van der Waals surface area contributed by atoms with Gasteiger partial charge in [-0.1, -0.05) is 6.07 Å². The lowest BCUT2D eigenvalue weighted by Crippen LogP contribution is -2.37. The number of phenols is 1. The quantitative estimate of drug-likeness (QED) is 0.835. The predicted molar refractivity (Wildman–Crippen MR) is 71.9 cm³/mol. The first-order valence-electron chi connectivity index (χ1n) is 6.34. The molecule has 1 amide bonds. The first-order chi connectivity index (χ1) is 9.02. The van der Waals surface area contributed by atoms with Crippen LogP contribution in [0.15, 0.2) is 18.2 Å². The fourth-order valence-electron chi connectivity index (χ4n) is 2.23. The number of rotatable bonds is 5. The highest BCUT2D eigenvalue weighted by Gasteiger charge is 2.49. The van der Waals surface area contributed by atoms with Crippen molar-refractivity contribution >= 4 is 5.91 Å². The molecular formula is C14H20N2O3. The monoisotopic (exact) mass is 264 g/mol. The number of nitrogens with zero attached hydrogens (tertiary/aromatic N) is 1. The third-order valence-electron chi connectivity index (χ3n) is 3.71. The molecule has 1 fully saturated rings. The molecular weight excluding hydrogens is 244 g/mol. The van der Waals surface area contributed by atoms with E-state index in [1.54, 1.807) is 30.1 Å². The van der Waals surface area contributed by atoms with Gasteiger partial charge in [-0.25, -0.2) is 0 Å². The van der Waals surface area contributed by atoms with Crippen LogP contribution in [0, 0.1) is 5.41 Å². The van der Waals surface area contributed by atoms with Crippen molar-refractivity contribution < 1.29 is 14.6 Å². The van der Waals surface area contributed by atoms with Crippen LogP contribution in [0.2, 0.25) is 0 Å². The lowest BCUT2D eigenvalue weighted by atomic mass is 10.1. The van der Waals surface area contributed by atoms with E-state index in [1.165, 1.54) is 7.11 Å². The second-order valence-electron chi connectivity index (χ2n) is 5.15. The fraction of sp³-hybridized carbons (Fsp3) is 0.500. The Morgan fingerprint density at radius 1 is 1.53 bits per heavy atom. The Bertz CT molecular complexity index is 484. The zero-order valence-electron chi connectivity index (χ0n) is 11.3. The number of nitrogens with two attached hydrogens (primary N) is 1. The van der Waals surface area contributed by atoms with Crippen LogP contribution in [0.5, 0.6) is 11.5 Å². The Balaban J connectivity index is 2.06. The summed E-state index contributed by atoms with van der Waals surface area (Å²) in [7, 11) is 3.28. The van der Waals surface area contributed by atoms with Gasteiger partial charge in [0.25, 0.3) is 0 Å². The van der Waals surface area contributed by atoms with Crippen molar-refractivity contribution in [3.8, 4) is 11.5 Å². The SMILES string of the molecule is COc1cc(CN(C)C(=O)C2(CN)CC2)ccc1O. The van der Waals surface area contributed by atoms with Gasteiger partial charge in [0.05, 0.1) is 12.5 Å². The third-order valence-corrected chi connectivity index (χ3v) is 3.71. The van der Waals surface area contributed by atoms with E-state index in [0.717, 1.165) is 18.4 Å². The molecule has 0 aromatic heterocycles. The molecule has 19 heavy (non-hydrogen) atoms. The number of aromatic hydroxyl groups is 1. The summed E-state index contributed by atoms with van der Waals surface area (Å²) >= 11 is 0. The molecule has 1 aromatic carbocycles. The Morgan fingerprint density at radius 3 is 2.74 bits per heavy atom. The van der Waals surface area contributed by atoms with Crippen molar-refractivity contribution in [3.05, 3.63) is 23.8 Å². The van der Waals surface area contributed by atoms with Gasteiger partial charge in [0.1, 0.15) is 0 Å². The number of amides is 1. The number of benzene rings is 1. The molecule has 104 valence electrons. The molecule has 0 radical (unpaired) electrons. The van der Waals surface area contributed by atoms with E-state index < -0.39 is 0 Å². The maximum Gasteiger partial charge on any atom is 0.230 e. The van der Waals surface area contributed by atoms with Crippen LogP contribution in [0.4, 0.5) is 0 Å². The number of hydrogen-bond donors (Lipinski definition) is 2. The van der Waals surface area contributed by atoms with Gasteiger partial charge in [0.2, 0.25) is 5.91 Å². The van der Waals surface area contributed by atoms with E-state index >= 15 is 0 Å². The second kappa shape index (κ2) is 5.09. The van der Waals surface area contributed by atoms with E-state index in [9.17, 15) is 9.90 Å². The third kappa shape index (κ3) is 2.66. The summed E-state index contributed by atoms with van der Waals surface area (Å²) in [5.41, 5.74) is 6.26. The van der Waals surface area contributed by atoms with Crippen LogP contribution < -0.4 is 10.5 Å². The molecule has 1 aliphatic carbocycles. The summed E-state index contributed by atoms with van der Waals surface area (Å²) in [6.07, 6.45) is 1.76. The number of carbonyl (C=O) groups excluding carboxylic acids is 1. The highest BCUT2D eigenvalue weighted by Crippen LogP contribution is 2.46. The van der Waals surface area contributed by atoms with Crippen molar-refractivity contribution in [1.82, 2.24) is 4.90 Å². The van der Waals surface area contributed by atoms with Gasteiger partial charge in [0, 0.05) is 20.1 Å². The summed E-state index contributed by atoms with van der Waals surface area (Å²) in [5, 5.41) is 9.53. The Kier molecular flexibility index (Phi) is 3.66. The van der Waals surface area contributed by atoms with Crippen molar-refractivity contribution in [2.75, 3.05) is 20.7 Å². The highest BCUT2D eigenvalue weighted by atomic mass is 16.5. The van der Waals surface area contributed by atoms with E-state index in [4.69, 9.17) is 10.5 Å². The maximum absolute atomic E-state index is 12.2. The van der Waals surface area contributed by atoms with Gasteiger partial charge in [-0.15, -0.1) is 0 Å². The molecule has 1 saturated carbocycles. The molecule has 3 N–H and O–H groups in total. The first kappa shape index (κ1) is 13.7. The smallest absolute Gasteiger partial charge is 0.230 e. The fourth-order valence-corrected chi connectivity index (χ4v) is 2.23. The molecule has 0 spiro atoms. The minimum Gasteiger partial charge on any atom is -0.504 e. The van der Waals surface area contributed by atoms with Gasteiger partial charge in [0.15, 0.2) is 11.5 Å². The topological polar surface area (TPSA) is 75.8 Å². The minimum atomic E-state index is -0.324. The number of hydrogen-bond acceptors (Lipinski definition) is 4. The lowest BCUT2D eigenvalue weighted by Gasteiger charge is -2.22. The summed E-state index contributed by atoms with van der Waals surface area (Å²) in [5.74, 6) is 0.612. The van der Waals surface area contributed by atoms with Crippen molar-refractivity contribution in [2.45, 2.75) is 19.4 Å². The van der Waals surface area contributed by atoms with Gasteiger partial charge < -0.3 is 20.5 Å². The number of carbonyl (C=O) groups is 1. The van der Waals surface area contributed by atoms with Crippen molar-refractivity contribution in [1.29, 1.82) is 0 Å². The van der Waals surface area contributed by atoms with Crippen LogP contribution in [-0.4, -0.2) is 36.6 Å². The molecule has 0 unspecified atom stereocenters. The van der Waals surface area contributed by atoms with Gasteiger partial charge in [-0.2, -0.15) is 0 Å². The molecule has 0 heterocycles. The number of methoxy groups -OCH3 is 1. The summed E-state index contributed by atoms with van der Waals surface area (Å²) in [6.45, 7) is 0.895. The summed E-state index contributed by atoms with van der Waals surface area (Å²) < 4.78 is 5.06. The Labute approximate surface area is 113 Å². The Hall–Kier alpha value is -1.75. The van der Waals surface area contributed by atoms with Crippen molar-refractivity contribution in [3.63, 3.8) is 0 Å². The van der Waals surface area contributed by atoms with E-state index in [0.29, 0.717) is 18.8 Å². The molecule has 0 aliphatic heterocycles. The van der Waals surface area contributed by atoms with E-state index in [2.05, 4.69) is 0 Å². The molecule has 0 atom stereocenters. The van der Waals surface area contributed by atoms with Crippen LogP contribution in [0.25, 0.3) is 0 Å². The second-order valence-corrected chi connectivity index (χ2v) is 5.15. The molecule has 5 heteroatoms. The number of phenolic OH excluding ortho intramolecular Hbond substituents is 1. The molecule has 5 nitrogen and oxygen atoms in total. The molecule has 0 bridgehead atoms. The molecule has 1 aliphatic rings. The average molecular weight is 264 g/mol. The molecule has 0 saturated heterocycles. The predicted octanol–water partition coefficient (Wildman–Crippen LogP) is 1.10. The largest absolute Gasteiger partial charge is 0.504 e. The summed E-state index contributed by atoms with van der Waals surface area (Å²) in [4.78, 5) is 13.9. The van der Waals surface area contributed by atoms with Crippen molar-refractivity contribution in [2.24, 2.45) is 11.1 Å². The molecule has 1 aromatic rings. The molecule has 2 rings (SSSR count). The van der Waals surface area contributed by atoms with Gasteiger partial charge in [-0.3, -0.25) is 4.79 Å². The van der Waals surface area contributed by atoms with Crippen LogP contribution in [-0.2, 0) is 11.3 Å². The lowest BCUT2D eigenvalue weighted by molar-refractivity contribution is -0.135. The average Bonchev–Trinajstić information content (AvgIpc) is 3.21. The first-order valence-corrected chi connectivity index (χ1v) is 6.34. The Morgan fingerprint density at radius 2 is 2.21 bits per heavy atom. The van der Waals surface area contributed by atoms with Crippen LogP contribution >= 0.6 is 0 Å². The van der Waals surface area contributed by atoms with Crippen LogP contribution in [0.3, 0.4) is 0 Å².